The molecule has 2 atom stereocenters. The summed E-state index contributed by atoms with van der Waals surface area (Å²) in [7, 11) is 0. The zero-order chi connectivity index (χ0) is 16.5. The van der Waals surface area contributed by atoms with Crippen LogP contribution in [0.15, 0.2) is 9.05 Å². The lowest BCUT2D eigenvalue weighted by Gasteiger charge is -2.19. The lowest BCUT2D eigenvalue weighted by molar-refractivity contribution is 0.0683. The Labute approximate surface area is 140 Å². The number of likely N-dealkylation sites (tertiary alicyclic amines) is 1. The first-order valence-corrected chi connectivity index (χ1v) is 8.76. The first-order chi connectivity index (χ1) is 11.7. The molecule has 0 spiro atoms. The van der Waals surface area contributed by atoms with E-state index in [1.54, 1.807) is 0 Å². The fourth-order valence-electron chi connectivity index (χ4n) is 3.18. The summed E-state index contributed by atoms with van der Waals surface area (Å²) in [5, 5.41) is 8.22. The Balaban J connectivity index is 1.43. The van der Waals surface area contributed by atoms with Crippen LogP contribution >= 0.6 is 0 Å². The third-order valence-electron chi connectivity index (χ3n) is 4.65. The van der Waals surface area contributed by atoms with Crippen LogP contribution in [0.3, 0.4) is 0 Å². The van der Waals surface area contributed by atoms with E-state index in [1.165, 1.54) is 12.8 Å². The lowest BCUT2D eigenvalue weighted by Crippen LogP contribution is -2.23. The van der Waals surface area contributed by atoms with E-state index in [1.807, 2.05) is 13.8 Å². The molecule has 8 heteroatoms. The van der Waals surface area contributed by atoms with E-state index in [0.29, 0.717) is 30.8 Å². The average Bonchev–Trinajstić information content (AvgIpc) is 3.01. The summed E-state index contributed by atoms with van der Waals surface area (Å²) in [6.45, 7) is 6.07. The molecular weight excluding hydrogens is 310 g/mol. The number of hydrogen-bond acceptors (Lipinski definition) is 8. The molecular formula is C16H23N5O3. The Morgan fingerprint density at radius 1 is 1.21 bits per heavy atom. The van der Waals surface area contributed by atoms with Crippen molar-refractivity contribution >= 4 is 0 Å². The molecule has 130 valence electrons. The second-order valence-corrected chi connectivity index (χ2v) is 6.54. The Hall–Kier alpha value is -1.80. The van der Waals surface area contributed by atoms with Crippen LogP contribution in [-0.4, -0.2) is 38.3 Å². The van der Waals surface area contributed by atoms with Crippen molar-refractivity contribution in [3.63, 3.8) is 0 Å². The monoisotopic (exact) mass is 333 g/mol. The first-order valence-electron chi connectivity index (χ1n) is 8.76. The van der Waals surface area contributed by atoms with E-state index >= 15 is 0 Å². The molecule has 2 aromatic rings. The van der Waals surface area contributed by atoms with Crippen LogP contribution in [0.2, 0.25) is 0 Å². The minimum absolute atomic E-state index is 0.153. The molecule has 2 aliphatic rings. The number of nitrogens with zero attached hydrogens (tertiary/aromatic N) is 5. The van der Waals surface area contributed by atoms with Gasteiger partial charge in [0.1, 0.15) is 6.10 Å². The fourth-order valence-corrected chi connectivity index (χ4v) is 3.18. The minimum atomic E-state index is -0.153. The molecule has 0 radical (unpaired) electrons. The van der Waals surface area contributed by atoms with Crippen LogP contribution in [0, 0.1) is 0 Å². The summed E-state index contributed by atoms with van der Waals surface area (Å²) in [6, 6.07) is 0.168. The van der Waals surface area contributed by atoms with E-state index in [9.17, 15) is 0 Å². The van der Waals surface area contributed by atoms with Gasteiger partial charge in [-0.2, -0.15) is 9.97 Å². The highest BCUT2D eigenvalue weighted by Crippen LogP contribution is 2.40. The molecule has 1 aliphatic heterocycles. The molecule has 0 amide bonds. The highest BCUT2D eigenvalue weighted by Gasteiger charge is 2.34. The molecule has 1 saturated carbocycles. The summed E-state index contributed by atoms with van der Waals surface area (Å²) in [4.78, 5) is 11.3. The van der Waals surface area contributed by atoms with E-state index in [-0.39, 0.29) is 12.1 Å². The van der Waals surface area contributed by atoms with Gasteiger partial charge in [-0.1, -0.05) is 10.3 Å². The number of rotatable bonds is 7. The predicted octanol–water partition coefficient (Wildman–Crippen LogP) is 2.76. The van der Waals surface area contributed by atoms with E-state index in [2.05, 4.69) is 25.2 Å². The van der Waals surface area contributed by atoms with Crippen molar-refractivity contribution in [2.45, 2.75) is 64.1 Å². The van der Waals surface area contributed by atoms with Crippen molar-refractivity contribution in [1.82, 2.24) is 25.2 Å². The fraction of sp³-hybridized carbons (Fsp3) is 0.750. The van der Waals surface area contributed by atoms with Gasteiger partial charge in [-0.15, -0.1) is 0 Å². The zero-order valence-corrected chi connectivity index (χ0v) is 14.1. The van der Waals surface area contributed by atoms with Crippen molar-refractivity contribution in [2.75, 3.05) is 13.2 Å². The van der Waals surface area contributed by atoms with E-state index in [4.69, 9.17) is 13.8 Å². The maximum atomic E-state index is 5.50. The van der Waals surface area contributed by atoms with Gasteiger partial charge in [0.05, 0.1) is 12.6 Å². The van der Waals surface area contributed by atoms with Gasteiger partial charge in [-0.3, -0.25) is 4.90 Å². The SMILES string of the molecule is CCO[C@H](C)c1noc(CN2CCC[C@@H]2c2noc(C3CC3)n2)n1. The highest BCUT2D eigenvalue weighted by molar-refractivity contribution is 5.05. The van der Waals surface area contributed by atoms with Crippen molar-refractivity contribution in [3.8, 4) is 0 Å². The maximum Gasteiger partial charge on any atom is 0.240 e. The molecule has 3 heterocycles. The molecule has 2 fully saturated rings. The standard InChI is InChI=1S/C16H23N5O3/c1-3-22-10(2)14-17-13(23-19-14)9-21-8-4-5-12(21)15-18-16(24-20-15)11-6-7-11/h10-12H,3-9H2,1-2H3/t10-,12-/m1/s1. The topological polar surface area (TPSA) is 90.3 Å². The van der Waals surface area contributed by atoms with Crippen LogP contribution < -0.4 is 0 Å². The van der Waals surface area contributed by atoms with Gasteiger partial charge in [0, 0.05) is 12.5 Å². The minimum Gasteiger partial charge on any atom is -0.371 e. The Morgan fingerprint density at radius 2 is 2.08 bits per heavy atom. The number of hydrogen-bond donors (Lipinski definition) is 0. The number of ether oxygens (including phenoxy) is 1. The van der Waals surface area contributed by atoms with Gasteiger partial charge >= 0.3 is 0 Å². The van der Waals surface area contributed by atoms with Crippen molar-refractivity contribution in [3.05, 3.63) is 23.4 Å². The predicted molar refractivity (Wildman–Crippen MR) is 83.0 cm³/mol. The Morgan fingerprint density at radius 3 is 2.88 bits per heavy atom. The molecule has 4 rings (SSSR count). The molecule has 8 nitrogen and oxygen atoms in total. The quantitative estimate of drug-likeness (QED) is 0.764. The van der Waals surface area contributed by atoms with Crippen LogP contribution in [0.25, 0.3) is 0 Å². The van der Waals surface area contributed by atoms with Crippen LogP contribution in [0.5, 0.6) is 0 Å². The zero-order valence-electron chi connectivity index (χ0n) is 14.1. The molecule has 2 aromatic heterocycles. The molecule has 1 aliphatic carbocycles. The van der Waals surface area contributed by atoms with Gasteiger partial charge in [0.25, 0.3) is 0 Å². The molecule has 0 bridgehead atoms. The molecule has 0 unspecified atom stereocenters. The van der Waals surface area contributed by atoms with Gasteiger partial charge in [0.2, 0.25) is 11.8 Å². The second-order valence-electron chi connectivity index (χ2n) is 6.54. The van der Waals surface area contributed by atoms with Crippen molar-refractivity contribution < 1.29 is 13.8 Å². The Bertz CT molecular complexity index is 681. The van der Waals surface area contributed by atoms with Crippen LogP contribution in [0.4, 0.5) is 0 Å². The average molecular weight is 333 g/mol. The normalized spacial score (nSPS) is 23.0. The summed E-state index contributed by atoms with van der Waals surface area (Å²) in [6.07, 6.45) is 4.31. The first kappa shape index (κ1) is 15.7. The van der Waals surface area contributed by atoms with Crippen LogP contribution in [-0.2, 0) is 11.3 Å². The number of aromatic nitrogens is 4. The summed E-state index contributed by atoms with van der Waals surface area (Å²) in [5.41, 5.74) is 0. The largest absolute Gasteiger partial charge is 0.371 e. The lowest BCUT2D eigenvalue weighted by atomic mass is 10.2. The molecule has 0 aromatic carbocycles. The summed E-state index contributed by atoms with van der Waals surface area (Å²) in [5.74, 6) is 3.27. The highest BCUT2D eigenvalue weighted by atomic mass is 16.5. The second kappa shape index (κ2) is 6.60. The van der Waals surface area contributed by atoms with Crippen molar-refractivity contribution in [2.24, 2.45) is 0 Å². The molecule has 0 N–H and O–H groups in total. The molecule has 24 heavy (non-hydrogen) atoms. The third kappa shape index (κ3) is 3.21. The maximum absolute atomic E-state index is 5.50. The summed E-state index contributed by atoms with van der Waals surface area (Å²) >= 11 is 0. The smallest absolute Gasteiger partial charge is 0.240 e. The van der Waals surface area contributed by atoms with Gasteiger partial charge in [-0.05, 0) is 46.1 Å². The summed E-state index contributed by atoms with van der Waals surface area (Å²) < 4.78 is 16.3. The Kier molecular flexibility index (Phi) is 4.32. The van der Waals surface area contributed by atoms with Gasteiger partial charge in [0.15, 0.2) is 11.6 Å². The van der Waals surface area contributed by atoms with E-state index in [0.717, 1.165) is 31.1 Å². The van der Waals surface area contributed by atoms with Gasteiger partial charge < -0.3 is 13.8 Å². The van der Waals surface area contributed by atoms with E-state index < -0.39 is 0 Å². The van der Waals surface area contributed by atoms with Crippen LogP contribution in [0.1, 0.15) is 81.0 Å². The van der Waals surface area contributed by atoms with Crippen molar-refractivity contribution in [1.29, 1.82) is 0 Å². The van der Waals surface area contributed by atoms with Gasteiger partial charge in [-0.25, -0.2) is 0 Å². The third-order valence-corrected chi connectivity index (χ3v) is 4.65. The molecule has 1 saturated heterocycles.